The predicted octanol–water partition coefficient (Wildman–Crippen LogP) is 2.52. The Labute approximate surface area is 88.5 Å². The summed E-state index contributed by atoms with van der Waals surface area (Å²) in [5.41, 5.74) is -0.661. The molecule has 0 saturated carbocycles. The lowest BCUT2D eigenvalue weighted by Gasteiger charge is -2.38. The van der Waals surface area contributed by atoms with Crippen molar-refractivity contribution in [1.82, 2.24) is 0 Å². The maximum absolute atomic E-state index is 10.5. The molecule has 1 N–H and O–H groups in total. The Morgan fingerprint density at radius 2 is 2.07 bits per heavy atom. The lowest BCUT2D eigenvalue weighted by Crippen LogP contribution is -2.40. The standard InChI is InChI=1S/C11H16O2S/c1-8-6-11(12,7-9(2)13-8)10-4-3-5-14-10/h3-5,8-9,12H,6-7H2,1-2H3. The van der Waals surface area contributed by atoms with E-state index in [0.29, 0.717) is 12.8 Å². The Bertz CT molecular complexity index is 284. The largest absolute Gasteiger partial charge is 0.384 e. The molecule has 2 unspecified atom stereocenters. The number of aliphatic hydroxyl groups is 1. The summed E-state index contributed by atoms with van der Waals surface area (Å²) in [5, 5.41) is 12.5. The number of ether oxygens (including phenoxy) is 1. The van der Waals surface area contributed by atoms with E-state index in [2.05, 4.69) is 0 Å². The zero-order valence-corrected chi connectivity index (χ0v) is 9.38. The molecule has 1 aliphatic rings. The minimum absolute atomic E-state index is 0.144. The van der Waals surface area contributed by atoms with Crippen molar-refractivity contribution in [3.63, 3.8) is 0 Å². The Kier molecular flexibility index (Phi) is 2.64. The lowest BCUT2D eigenvalue weighted by molar-refractivity contribution is -0.134. The van der Waals surface area contributed by atoms with Crippen molar-refractivity contribution in [2.45, 2.75) is 44.5 Å². The van der Waals surface area contributed by atoms with Crippen molar-refractivity contribution in [2.75, 3.05) is 0 Å². The normalized spacial score (nSPS) is 38.5. The molecule has 1 aliphatic heterocycles. The third-order valence-electron chi connectivity index (χ3n) is 2.69. The van der Waals surface area contributed by atoms with Crippen LogP contribution in [0.15, 0.2) is 17.5 Å². The summed E-state index contributed by atoms with van der Waals surface area (Å²) >= 11 is 1.63. The summed E-state index contributed by atoms with van der Waals surface area (Å²) in [6.45, 7) is 4.04. The number of rotatable bonds is 1. The molecule has 2 rings (SSSR count). The number of hydrogen-bond acceptors (Lipinski definition) is 3. The summed E-state index contributed by atoms with van der Waals surface area (Å²) in [4.78, 5) is 1.07. The first-order valence-electron chi connectivity index (χ1n) is 5.02. The van der Waals surface area contributed by atoms with Crippen LogP contribution in [-0.2, 0) is 10.3 Å². The highest BCUT2D eigenvalue weighted by Gasteiger charge is 2.38. The molecule has 0 spiro atoms. The van der Waals surface area contributed by atoms with Crippen LogP contribution < -0.4 is 0 Å². The van der Waals surface area contributed by atoms with Gasteiger partial charge in [-0.2, -0.15) is 0 Å². The van der Waals surface area contributed by atoms with Crippen molar-refractivity contribution >= 4 is 11.3 Å². The van der Waals surface area contributed by atoms with Gasteiger partial charge in [-0.1, -0.05) is 6.07 Å². The van der Waals surface area contributed by atoms with Gasteiger partial charge in [0.25, 0.3) is 0 Å². The van der Waals surface area contributed by atoms with E-state index in [1.54, 1.807) is 11.3 Å². The van der Waals surface area contributed by atoms with Gasteiger partial charge in [0.15, 0.2) is 0 Å². The van der Waals surface area contributed by atoms with E-state index >= 15 is 0 Å². The molecule has 1 saturated heterocycles. The molecule has 14 heavy (non-hydrogen) atoms. The van der Waals surface area contributed by atoms with Crippen LogP contribution in [0, 0.1) is 0 Å². The van der Waals surface area contributed by atoms with Crippen LogP contribution in [0.5, 0.6) is 0 Å². The van der Waals surface area contributed by atoms with Crippen LogP contribution in [0.1, 0.15) is 31.6 Å². The van der Waals surface area contributed by atoms with E-state index in [1.807, 2.05) is 31.4 Å². The first kappa shape index (κ1) is 10.1. The van der Waals surface area contributed by atoms with Gasteiger partial charge in [-0.3, -0.25) is 0 Å². The van der Waals surface area contributed by atoms with Gasteiger partial charge in [0.1, 0.15) is 5.60 Å². The van der Waals surface area contributed by atoms with E-state index in [0.717, 1.165) is 4.88 Å². The Morgan fingerprint density at radius 3 is 2.57 bits per heavy atom. The first-order valence-corrected chi connectivity index (χ1v) is 5.90. The minimum Gasteiger partial charge on any atom is -0.384 e. The molecular formula is C11H16O2S. The fourth-order valence-corrected chi connectivity index (χ4v) is 3.12. The zero-order chi connectivity index (χ0) is 10.2. The van der Waals surface area contributed by atoms with Crippen molar-refractivity contribution < 1.29 is 9.84 Å². The van der Waals surface area contributed by atoms with Gasteiger partial charge < -0.3 is 9.84 Å². The van der Waals surface area contributed by atoms with Crippen LogP contribution in [0.4, 0.5) is 0 Å². The first-order chi connectivity index (χ1) is 6.60. The second kappa shape index (κ2) is 3.65. The highest BCUT2D eigenvalue weighted by molar-refractivity contribution is 7.10. The smallest absolute Gasteiger partial charge is 0.104 e. The molecule has 2 atom stereocenters. The van der Waals surface area contributed by atoms with Gasteiger partial charge in [0.2, 0.25) is 0 Å². The molecule has 2 heterocycles. The molecule has 1 aromatic heterocycles. The molecule has 1 fully saturated rings. The van der Waals surface area contributed by atoms with E-state index < -0.39 is 5.60 Å². The van der Waals surface area contributed by atoms with Crippen molar-refractivity contribution in [3.8, 4) is 0 Å². The summed E-state index contributed by atoms with van der Waals surface area (Å²) < 4.78 is 5.62. The SMILES string of the molecule is CC1CC(O)(c2cccs2)CC(C)O1. The van der Waals surface area contributed by atoms with E-state index in [1.165, 1.54) is 0 Å². The van der Waals surface area contributed by atoms with Crippen LogP contribution in [0.3, 0.4) is 0 Å². The average Bonchev–Trinajstić information content (AvgIpc) is 2.52. The second-order valence-corrected chi connectivity index (χ2v) is 5.12. The molecular weight excluding hydrogens is 196 g/mol. The van der Waals surface area contributed by atoms with Gasteiger partial charge in [0.05, 0.1) is 12.2 Å². The highest BCUT2D eigenvalue weighted by Crippen LogP contribution is 2.39. The molecule has 0 aliphatic carbocycles. The topological polar surface area (TPSA) is 29.5 Å². The van der Waals surface area contributed by atoms with Crippen molar-refractivity contribution in [3.05, 3.63) is 22.4 Å². The summed E-state index contributed by atoms with van der Waals surface area (Å²) in [7, 11) is 0. The average molecular weight is 212 g/mol. The second-order valence-electron chi connectivity index (χ2n) is 4.17. The van der Waals surface area contributed by atoms with Gasteiger partial charge in [-0.25, -0.2) is 0 Å². The number of thiophene rings is 1. The number of hydrogen-bond donors (Lipinski definition) is 1. The van der Waals surface area contributed by atoms with E-state index in [-0.39, 0.29) is 12.2 Å². The third kappa shape index (κ3) is 1.85. The zero-order valence-electron chi connectivity index (χ0n) is 8.56. The maximum Gasteiger partial charge on any atom is 0.104 e. The maximum atomic E-state index is 10.5. The quantitative estimate of drug-likeness (QED) is 0.775. The Morgan fingerprint density at radius 1 is 1.43 bits per heavy atom. The predicted molar refractivity (Wildman–Crippen MR) is 57.5 cm³/mol. The molecule has 0 aromatic carbocycles. The van der Waals surface area contributed by atoms with E-state index in [4.69, 9.17) is 4.74 Å². The van der Waals surface area contributed by atoms with Crippen molar-refractivity contribution in [1.29, 1.82) is 0 Å². The van der Waals surface area contributed by atoms with Gasteiger partial charge in [-0.05, 0) is 25.3 Å². The van der Waals surface area contributed by atoms with Crippen LogP contribution >= 0.6 is 11.3 Å². The third-order valence-corrected chi connectivity index (χ3v) is 3.76. The van der Waals surface area contributed by atoms with Crippen LogP contribution in [0.25, 0.3) is 0 Å². The summed E-state index contributed by atoms with van der Waals surface area (Å²) in [5.74, 6) is 0. The van der Waals surface area contributed by atoms with Gasteiger partial charge in [0, 0.05) is 17.7 Å². The Hall–Kier alpha value is -0.380. The van der Waals surface area contributed by atoms with Gasteiger partial charge in [-0.15, -0.1) is 11.3 Å². The minimum atomic E-state index is -0.661. The summed E-state index contributed by atoms with van der Waals surface area (Å²) in [6.07, 6.45) is 1.70. The summed E-state index contributed by atoms with van der Waals surface area (Å²) in [6, 6.07) is 4.00. The fraction of sp³-hybridized carbons (Fsp3) is 0.636. The molecule has 78 valence electrons. The molecule has 0 amide bonds. The van der Waals surface area contributed by atoms with Crippen LogP contribution in [0.2, 0.25) is 0 Å². The highest BCUT2D eigenvalue weighted by atomic mass is 32.1. The molecule has 3 heteroatoms. The molecule has 2 nitrogen and oxygen atoms in total. The van der Waals surface area contributed by atoms with E-state index in [9.17, 15) is 5.11 Å². The molecule has 0 bridgehead atoms. The lowest BCUT2D eigenvalue weighted by atomic mass is 9.86. The molecule has 1 aromatic rings. The van der Waals surface area contributed by atoms with Crippen LogP contribution in [-0.4, -0.2) is 17.3 Å². The van der Waals surface area contributed by atoms with Gasteiger partial charge >= 0.3 is 0 Å². The monoisotopic (exact) mass is 212 g/mol. The van der Waals surface area contributed by atoms with Crippen molar-refractivity contribution in [2.24, 2.45) is 0 Å². The fourth-order valence-electron chi connectivity index (χ4n) is 2.27. The molecule has 0 radical (unpaired) electrons. The Balaban J connectivity index is 2.22.